The highest BCUT2D eigenvalue weighted by molar-refractivity contribution is 5.69. The number of furan rings is 1. The van der Waals surface area contributed by atoms with E-state index in [-0.39, 0.29) is 12.4 Å². The van der Waals surface area contributed by atoms with Crippen LogP contribution in [0.4, 0.5) is 4.39 Å². The fourth-order valence-electron chi connectivity index (χ4n) is 3.57. The number of hydrogen-bond donors (Lipinski definition) is 1. The van der Waals surface area contributed by atoms with Gasteiger partial charge in [0, 0.05) is 12.6 Å². The molecule has 1 N–H and O–H groups in total. The molecule has 1 saturated heterocycles. The van der Waals surface area contributed by atoms with Crippen LogP contribution in [0.1, 0.15) is 25.0 Å². The van der Waals surface area contributed by atoms with Crippen LogP contribution in [0.5, 0.6) is 0 Å². The van der Waals surface area contributed by atoms with Gasteiger partial charge in [0.2, 0.25) is 0 Å². The molecule has 1 aliphatic rings. The lowest BCUT2D eigenvalue weighted by molar-refractivity contribution is -0.138. The molecule has 1 atom stereocenters. The number of nitrogens with zero attached hydrogens (tertiary/aromatic N) is 2. The van der Waals surface area contributed by atoms with Crippen molar-refractivity contribution in [2.24, 2.45) is 0 Å². The largest absolute Gasteiger partial charge is 0.480 e. The molecule has 2 aromatic rings. The van der Waals surface area contributed by atoms with Crippen molar-refractivity contribution in [2.75, 3.05) is 26.7 Å². The predicted molar refractivity (Wildman–Crippen MR) is 97.3 cm³/mol. The number of likely N-dealkylation sites (N-methyl/N-ethyl adjacent to an activating group) is 1. The molecular formula is C20H25FN2O3. The van der Waals surface area contributed by atoms with Gasteiger partial charge in [-0.3, -0.25) is 14.6 Å². The third-order valence-electron chi connectivity index (χ3n) is 4.98. The van der Waals surface area contributed by atoms with Crippen molar-refractivity contribution in [3.8, 4) is 11.3 Å². The minimum Gasteiger partial charge on any atom is -0.480 e. The zero-order chi connectivity index (χ0) is 18.5. The Labute approximate surface area is 153 Å². The van der Waals surface area contributed by atoms with E-state index in [0.717, 1.165) is 38.1 Å². The van der Waals surface area contributed by atoms with Gasteiger partial charge in [-0.05, 0) is 57.1 Å². The third-order valence-corrected chi connectivity index (χ3v) is 4.98. The maximum absolute atomic E-state index is 13.9. The first-order valence-corrected chi connectivity index (χ1v) is 9.01. The molecule has 0 spiro atoms. The molecular weight excluding hydrogens is 335 g/mol. The number of likely N-dealkylation sites (tertiary alicyclic amines) is 1. The Hall–Kier alpha value is -2.18. The van der Waals surface area contributed by atoms with Gasteiger partial charge in [-0.1, -0.05) is 12.1 Å². The van der Waals surface area contributed by atoms with Crippen LogP contribution in [-0.2, 0) is 11.3 Å². The lowest BCUT2D eigenvalue weighted by Crippen LogP contribution is -2.36. The van der Waals surface area contributed by atoms with Gasteiger partial charge in [0.05, 0.1) is 18.7 Å². The first-order valence-electron chi connectivity index (χ1n) is 9.01. The van der Waals surface area contributed by atoms with Crippen LogP contribution < -0.4 is 0 Å². The summed E-state index contributed by atoms with van der Waals surface area (Å²) in [5.41, 5.74) is 0.477. The van der Waals surface area contributed by atoms with E-state index in [2.05, 4.69) is 4.90 Å². The van der Waals surface area contributed by atoms with Crippen molar-refractivity contribution >= 4 is 5.97 Å². The first kappa shape index (κ1) is 18.6. The molecule has 2 heterocycles. The predicted octanol–water partition coefficient (Wildman–Crippen LogP) is 3.46. The number of carboxylic acids is 1. The number of halogens is 1. The van der Waals surface area contributed by atoms with Gasteiger partial charge in [-0.2, -0.15) is 0 Å². The second-order valence-corrected chi connectivity index (χ2v) is 6.92. The first-order chi connectivity index (χ1) is 12.5. The molecule has 5 nitrogen and oxygen atoms in total. The van der Waals surface area contributed by atoms with Crippen molar-refractivity contribution in [1.29, 1.82) is 0 Å². The smallest absolute Gasteiger partial charge is 0.317 e. The molecule has 1 aliphatic heterocycles. The molecule has 0 aliphatic carbocycles. The molecule has 1 fully saturated rings. The van der Waals surface area contributed by atoms with E-state index >= 15 is 0 Å². The summed E-state index contributed by atoms with van der Waals surface area (Å²) in [5, 5.41) is 8.96. The summed E-state index contributed by atoms with van der Waals surface area (Å²) < 4.78 is 19.7. The minimum absolute atomic E-state index is 0.0782. The highest BCUT2D eigenvalue weighted by atomic mass is 19.1. The molecule has 140 valence electrons. The van der Waals surface area contributed by atoms with E-state index < -0.39 is 5.97 Å². The maximum Gasteiger partial charge on any atom is 0.317 e. The lowest BCUT2D eigenvalue weighted by atomic mass is 10.1. The van der Waals surface area contributed by atoms with Crippen molar-refractivity contribution in [3.05, 3.63) is 48.0 Å². The Morgan fingerprint density at radius 1 is 1.27 bits per heavy atom. The van der Waals surface area contributed by atoms with Crippen LogP contribution >= 0.6 is 0 Å². The monoisotopic (exact) mass is 360 g/mol. The summed E-state index contributed by atoms with van der Waals surface area (Å²) in [6, 6.07) is 10.6. The topological polar surface area (TPSA) is 56.9 Å². The highest BCUT2D eigenvalue weighted by Crippen LogP contribution is 2.26. The van der Waals surface area contributed by atoms with E-state index in [1.54, 1.807) is 18.2 Å². The van der Waals surface area contributed by atoms with Crippen LogP contribution in [0.15, 0.2) is 40.8 Å². The summed E-state index contributed by atoms with van der Waals surface area (Å²) in [5.74, 6) is 0.296. The molecule has 3 rings (SSSR count). The van der Waals surface area contributed by atoms with Gasteiger partial charge in [-0.15, -0.1) is 0 Å². The van der Waals surface area contributed by atoms with Crippen molar-refractivity contribution in [1.82, 2.24) is 9.80 Å². The molecule has 1 aromatic heterocycles. The molecule has 6 heteroatoms. The summed E-state index contributed by atoms with van der Waals surface area (Å²) in [6.07, 6.45) is 2.96. The Kier molecular flexibility index (Phi) is 6.06. The average molecular weight is 360 g/mol. The number of rotatable bonds is 6. The maximum atomic E-state index is 13.9. The van der Waals surface area contributed by atoms with Crippen LogP contribution in [0.3, 0.4) is 0 Å². The molecule has 0 radical (unpaired) electrons. The van der Waals surface area contributed by atoms with Crippen molar-refractivity contribution < 1.29 is 18.7 Å². The SMILES string of the molecule is CN(CC(=O)O)C1CCCN(Cc2ccc(-c3ccccc3F)o2)CC1. The van der Waals surface area contributed by atoms with Crippen molar-refractivity contribution in [3.63, 3.8) is 0 Å². The van der Waals surface area contributed by atoms with Crippen LogP contribution in [0.2, 0.25) is 0 Å². The van der Waals surface area contributed by atoms with Gasteiger partial charge in [0.15, 0.2) is 0 Å². The van der Waals surface area contributed by atoms with Gasteiger partial charge < -0.3 is 9.52 Å². The molecule has 26 heavy (non-hydrogen) atoms. The average Bonchev–Trinajstić information content (AvgIpc) is 2.92. The van der Waals surface area contributed by atoms with Gasteiger partial charge >= 0.3 is 5.97 Å². The van der Waals surface area contributed by atoms with E-state index in [9.17, 15) is 9.18 Å². The van der Waals surface area contributed by atoms with Gasteiger partial charge in [0.25, 0.3) is 0 Å². The number of hydrogen-bond acceptors (Lipinski definition) is 4. The molecule has 1 unspecified atom stereocenters. The summed E-state index contributed by atoms with van der Waals surface area (Å²) >= 11 is 0. The normalized spacial score (nSPS) is 18.8. The number of benzene rings is 1. The summed E-state index contributed by atoms with van der Waals surface area (Å²) in [6.45, 7) is 2.61. The fraction of sp³-hybridized carbons (Fsp3) is 0.450. The highest BCUT2D eigenvalue weighted by Gasteiger charge is 2.22. The van der Waals surface area contributed by atoms with E-state index in [4.69, 9.17) is 9.52 Å². The van der Waals surface area contributed by atoms with Crippen molar-refractivity contribution in [2.45, 2.75) is 31.8 Å². The van der Waals surface area contributed by atoms with Crippen LogP contribution in [0.25, 0.3) is 11.3 Å². The lowest BCUT2D eigenvalue weighted by Gasteiger charge is -2.25. The Morgan fingerprint density at radius 2 is 2.08 bits per heavy atom. The van der Waals surface area contributed by atoms with E-state index in [1.807, 2.05) is 24.1 Å². The van der Waals surface area contributed by atoms with Gasteiger partial charge in [-0.25, -0.2) is 4.39 Å². The Balaban J connectivity index is 1.58. The zero-order valence-corrected chi connectivity index (χ0v) is 15.0. The minimum atomic E-state index is -0.787. The zero-order valence-electron chi connectivity index (χ0n) is 15.0. The van der Waals surface area contributed by atoms with Gasteiger partial charge in [0.1, 0.15) is 17.3 Å². The quantitative estimate of drug-likeness (QED) is 0.855. The summed E-state index contributed by atoms with van der Waals surface area (Å²) in [4.78, 5) is 15.1. The second-order valence-electron chi connectivity index (χ2n) is 6.92. The Bertz CT molecular complexity index is 746. The second kappa shape index (κ2) is 8.47. The summed E-state index contributed by atoms with van der Waals surface area (Å²) in [7, 11) is 1.88. The number of carbonyl (C=O) groups is 1. The molecule has 1 aromatic carbocycles. The Morgan fingerprint density at radius 3 is 2.85 bits per heavy atom. The number of aliphatic carboxylic acids is 1. The van der Waals surface area contributed by atoms with E-state index in [0.29, 0.717) is 23.9 Å². The third kappa shape index (κ3) is 4.71. The van der Waals surface area contributed by atoms with E-state index in [1.165, 1.54) is 6.07 Å². The molecule has 0 amide bonds. The molecule has 0 bridgehead atoms. The van der Waals surface area contributed by atoms with Crippen LogP contribution in [0, 0.1) is 5.82 Å². The van der Waals surface area contributed by atoms with Crippen LogP contribution in [-0.4, -0.2) is 53.6 Å². The number of carboxylic acid groups (broad SMARTS) is 1. The fourth-order valence-corrected chi connectivity index (χ4v) is 3.57. The molecule has 0 saturated carbocycles. The standard InChI is InChI=1S/C20H25FN2O3/c1-22(14-20(24)25)15-5-4-11-23(12-10-15)13-16-8-9-19(26-16)17-6-2-3-7-18(17)21/h2-3,6-9,15H,4-5,10-14H2,1H3,(H,24,25).